The van der Waals surface area contributed by atoms with E-state index in [1.165, 1.54) is 0 Å². The molecule has 1 heterocycles. The third kappa shape index (κ3) is 1.78. The Kier molecular flexibility index (Phi) is 1.90. The van der Waals surface area contributed by atoms with E-state index in [0.717, 1.165) is 18.5 Å². The molecule has 1 aliphatic carbocycles. The molecule has 0 bridgehead atoms. The lowest BCUT2D eigenvalue weighted by Crippen LogP contribution is -1.99. The van der Waals surface area contributed by atoms with E-state index in [-0.39, 0.29) is 0 Å². The molecule has 0 amide bonds. The normalized spacial score (nSPS) is 15.1. The monoisotopic (exact) mass is 174 g/mol. The summed E-state index contributed by atoms with van der Waals surface area (Å²) in [6.07, 6.45) is 4.14. The summed E-state index contributed by atoms with van der Waals surface area (Å²) < 4.78 is 5.52. The second-order valence-corrected chi connectivity index (χ2v) is 3.25. The van der Waals surface area contributed by atoms with Crippen LogP contribution in [0, 0.1) is 18.3 Å². The SMILES string of the molecule is Cc1cc(C#N)c(OC2CC2)cn1. The quantitative estimate of drug-likeness (QED) is 0.686. The van der Waals surface area contributed by atoms with Gasteiger partial charge in [0.2, 0.25) is 0 Å². The largest absolute Gasteiger partial charge is 0.487 e. The zero-order valence-corrected chi connectivity index (χ0v) is 7.45. The molecule has 0 spiro atoms. The predicted octanol–water partition coefficient (Wildman–Crippen LogP) is 1.80. The van der Waals surface area contributed by atoms with E-state index in [1.54, 1.807) is 12.3 Å². The van der Waals surface area contributed by atoms with Crippen molar-refractivity contribution < 1.29 is 4.74 Å². The van der Waals surface area contributed by atoms with Gasteiger partial charge in [-0.25, -0.2) is 0 Å². The molecule has 13 heavy (non-hydrogen) atoms. The minimum atomic E-state index is 0.316. The van der Waals surface area contributed by atoms with Crippen LogP contribution in [0.5, 0.6) is 5.75 Å². The standard InChI is InChI=1S/C10H10N2O/c1-7-4-8(5-11)10(6-12-7)13-9-2-3-9/h4,6,9H,2-3H2,1H3. The van der Waals surface area contributed by atoms with Crippen LogP contribution in [-0.4, -0.2) is 11.1 Å². The van der Waals surface area contributed by atoms with E-state index in [4.69, 9.17) is 10.00 Å². The first-order chi connectivity index (χ1) is 6.29. The Morgan fingerprint density at radius 2 is 2.38 bits per heavy atom. The van der Waals surface area contributed by atoms with Gasteiger partial charge < -0.3 is 4.74 Å². The van der Waals surface area contributed by atoms with Crippen LogP contribution >= 0.6 is 0 Å². The van der Waals surface area contributed by atoms with E-state index in [0.29, 0.717) is 17.4 Å². The molecule has 1 fully saturated rings. The van der Waals surface area contributed by atoms with Gasteiger partial charge in [0, 0.05) is 5.69 Å². The maximum atomic E-state index is 8.82. The first kappa shape index (κ1) is 8.06. The number of pyridine rings is 1. The molecule has 1 aromatic rings. The van der Waals surface area contributed by atoms with Crippen molar-refractivity contribution in [1.82, 2.24) is 4.98 Å². The molecular weight excluding hydrogens is 164 g/mol. The van der Waals surface area contributed by atoms with Crippen molar-refractivity contribution in [2.24, 2.45) is 0 Å². The summed E-state index contributed by atoms with van der Waals surface area (Å²) in [6.45, 7) is 1.86. The number of rotatable bonds is 2. The lowest BCUT2D eigenvalue weighted by molar-refractivity contribution is 0.301. The fourth-order valence-electron chi connectivity index (χ4n) is 1.09. The number of nitrogens with zero attached hydrogens (tertiary/aromatic N) is 2. The van der Waals surface area contributed by atoms with Crippen molar-refractivity contribution in [2.45, 2.75) is 25.9 Å². The maximum Gasteiger partial charge on any atom is 0.155 e. The zero-order chi connectivity index (χ0) is 9.26. The Balaban J connectivity index is 2.27. The average molecular weight is 174 g/mol. The van der Waals surface area contributed by atoms with Crippen LogP contribution in [0.3, 0.4) is 0 Å². The molecule has 1 aromatic heterocycles. The van der Waals surface area contributed by atoms with Gasteiger partial charge in [0.25, 0.3) is 0 Å². The van der Waals surface area contributed by atoms with Gasteiger partial charge in [0.1, 0.15) is 6.07 Å². The Morgan fingerprint density at radius 1 is 1.62 bits per heavy atom. The molecule has 0 N–H and O–H groups in total. The first-order valence-electron chi connectivity index (χ1n) is 4.33. The van der Waals surface area contributed by atoms with Gasteiger partial charge in [0.05, 0.1) is 17.9 Å². The lowest BCUT2D eigenvalue weighted by Gasteiger charge is -2.05. The highest BCUT2D eigenvalue weighted by Crippen LogP contribution is 2.28. The smallest absolute Gasteiger partial charge is 0.155 e. The van der Waals surface area contributed by atoms with Gasteiger partial charge >= 0.3 is 0 Å². The van der Waals surface area contributed by atoms with E-state index in [2.05, 4.69) is 11.1 Å². The number of aromatic nitrogens is 1. The van der Waals surface area contributed by atoms with Gasteiger partial charge in [0.15, 0.2) is 5.75 Å². The molecule has 0 aromatic carbocycles. The predicted molar refractivity (Wildman–Crippen MR) is 47.3 cm³/mol. The van der Waals surface area contributed by atoms with Crippen LogP contribution in [0.15, 0.2) is 12.3 Å². The highest BCUT2D eigenvalue weighted by atomic mass is 16.5. The fraction of sp³-hybridized carbons (Fsp3) is 0.400. The van der Waals surface area contributed by atoms with Crippen molar-refractivity contribution in [2.75, 3.05) is 0 Å². The first-order valence-corrected chi connectivity index (χ1v) is 4.33. The molecule has 0 saturated heterocycles. The molecule has 0 unspecified atom stereocenters. The van der Waals surface area contributed by atoms with E-state index in [1.807, 2.05) is 6.92 Å². The number of aryl methyl sites for hydroxylation is 1. The van der Waals surface area contributed by atoms with Crippen LogP contribution in [0.25, 0.3) is 0 Å². The summed E-state index contributed by atoms with van der Waals surface area (Å²) in [5.41, 5.74) is 1.43. The molecule has 3 heteroatoms. The van der Waals surface area contributed by atoms with E-state index in [9.17, 15) is 0 Å². The molecule has 66 valence electrons. The van der Waals surface area contributed by atoms with Crippen LogP contribution < -0.4 is 4.74 Å². The third-order valence-corrected chi connectivity index (χ3v) is 1.94. The van der Waals surface area contributed by atoms with Crippen LogP contribution in [0.1, 0.15) is 24.1 Å². The Labute approximate surface area is 77.0 Å². The third-order valence-electron chi connectivity index (χ3n) is 1.94. The molecule has 2 rings (SSSR count). The molecule has 0 aliphatic heterocycles. The van der Waals surface area contributed by atoms with Crippen molar-refractivity contribution in [3.05, 3.63) is 23.5 Å². The Morgan fingerprint density at radius 3 is 3.00 bits per heavy atom. The molecular formula is C10H10N2O. The minimum Gasteiger partial charge on any atom is -0.487 e. The summed E-state index contributed by atoms with van der Waals surface area (Å²) in [6, 6.07) is 3.85. The van der Waals surface area contributed by atoms with Crippen LogP contribution in [0.2, 0.25) is 0 Å². The maximum absolute atomic E-state index is 8.82. The summed E-state index contributed by atoms with van der Waals surface area (Å²) in [4.78, 5) is 4.09. The molecule has 3 nitrogen and oxygen atoms in total. The summed E-state index contributed by atoms with van der Waals surface area (Å²) in [7, 11) is 0. The number of ether oxygens (including phenoxy) is 1. The summed E-state index contributed by atoms with van der Waals surface area (Å²) in [5, 5.41) is 8.82. The number of nitriles is 1. The fourth-order valence-corrected chi connectivity index (χ4v) is 1.09. The van der Waals surface area contributed by atoms with Gasteiger partial charge in [-0.3, -0.25) is 4.98 Å². The Bertz CT molecular complexity index is 364. The molecule has 0 radical (unpaired) electrons. The van der Waals surface area contributed by atoms with Crippen LogP contribution in [-0.2, 0) is 0 Å². The topological polar surface area (TPSA) is 45.9 Å². The molecule has 1 aliphatic rings. The molecule has 0 atom stereocenters. The lowest BCUT2D eigenvalue weighted by atomic mass is 10.2. The minimum absolute atomic E-state index is 0.316. The van der Waals surface area contributed by atoms with Gasteiger partial charge in [-0.2, -0.15) is 5.26 Å². The van der Waals surface area contributed by atoms with Crippen molar-refractivity contribution >= 4 is 0 Å². The Hall–Kier alpha value is -1.56. The van der Waals surface area contributed by atoms with E-state index >= 15 is 0 Å². The van der Waals surface area contributed by atoms with Gasteiger partial charge in [-0.1, -0.05) is 0 Å². The zero-order valence-electron chi connectivity index (χ0n) is 7.45. The van der Waals surface area contributed by atoms with Gasteiger partial charge in [-0.15, -0.1) is 0 Å². The highest BCUT2D eigenvalue weighted by molar-refractivity contribution is 5.42. The number of hydrogen-bond donors (Lipinski definition) is 0. The van der Waals surface area contributed by atoms with Gasteiger partial charge in [-0.05, 0) is 25.8 Å². The van der Waals surface area contributed by atoms with E-state index < -0.39 is 0 Å². The second kappa shape index (κ2) is 3.06. The second-order valence-electron chi connectivity index (χ2n) is 3.25. The summed E-state index contributed by atoms with van der Waals surface area (Å²) in [5.74, 6) is 0.621. The highest BCUT2D eigenvalue weighted by Gasteiger charge is 2.24. The van der Waals surface area contributed by atoms with Crippen molar-refractivity contribution in [1.29, 1.82) is 5.26 Å². The average Bonchev–Trinajstić information content (AvgIpc) is 2.92. The molecule has 1 saturated carbocycles. The number of hydrogen-bond acceptors (Lipinski definition) is 3. The summed E-state index contributed by atoms with van der Waals surface area (Å²) >= 11 is 0. The van der Waals surface area contributed by atoms with Crippen LogP contribution in [0.4, 0.5) is 0 Å². The van der Waals surface area contributed by atoms with Crippen molar-refractivity contribution in [3.63, 3.8) is 0 Å². The van der Waals surface area contributed by atoms with Crippen molar-refractivity contribution in [3.8, 4) is 11.8 Å².